The van der Waals surface area contributed by atoms with Gasteiger partial charge < -0.3 is 10.1 Å². The molecule has 30 heavy (non-hydrogen) atoms. The summed E-state index contributed by atoms with van der Waals surface area (Å²) in [5.74, 6) is 0.982. The maximum Gasteiger partial charge on any atom is 0.236 e. The molecule has 1 amide bonds. The Hall–Kier alpha value is -2.90. The number of thioether (sulfide) groups is 1. The average molecular weight is 436 g/mol. The molecule has 0 unspecified atom stereocenters. The standard InChI is InChI=1S/C23H21N3O2S2/c1-14-4-9-19-17(10-14)11-15(2)22(24-19)29-13-21(27)26-23-25-20(12-30-23)16-5-7-18(28-3)8-6-16/h4-12H,13H2,1-3H3,(H,25,26,27). The Morgan fingerprint density at radius 3 is 2.67 bits per heavy atom. The van der Waals surface area contributed by atoms with E-state index in [-0.39, 0.29) is 11.7 Å². The zero-order chi connectivity index (χ0) is 21.1. The van der Waals surface area contributed by atoms with Crippen LogP contribution in [0.3, 0.4) is 0 Å². The summed E-state index contributed by atoms with van der Waals surface area (Å²) >= 11 is 2.85. The molecule has 0 saturated carbocycles. The van der Waals surface area contributed by atoms with Gasteiger partial charge in [0.05, 0.1) is 24.1 Å². The Balaban J connectivity index is 1.39. The highest BCUT2D eigenvalue weighted by Crippen LogP contribution is 2.28. The van der Waals surface area contributed by atoms with E-state index >= 15 is 0 Å². The number of nitrogens with one attached hydrogen (secondary N) is 1. The molecule has 2 aromatic heterocycles. The monoisotopic (exact) mass is 435 g/mol. The fourth-order valence-electron chi connectivity index (χ4n) is 3.04. The van der Waals surface area contributed by atoms with Gasteiger partial charge in [-0.05, 0) is 61.9 Å². The van der Waals surface area contributed by atoms with E-state index in [0.717, 1.165) is 38.5 Å². The van der Waals surface area contributed by atoms with Gasteiger partial charge in [0, 0.05) is 16.3 Å². The number of aromatic nitrogens is 2. The van der Waals surface area contributed by atoms with Gasteiger partial charge >= 0.3 is 0 Å². The van der Waals surface area contributed by atoms with Crippen molar-refractivity contribution in [3.05, 3.63) is 65.0 Å². The minimum absolute atomic E-state index is 0.0965. The van der Waals surface area contributed by atoms with Gasteiger partial charge in [-0.15, -0.1) is 11.3 Å². The van der Waals surface area contributed by atoms with Gasteiger partial charge in [0.25, 0.3) is 0 Å². The van der Waals surface area contributed by atoms with Crippen molar-refractivity contribution in [1.82, 2.24) is 9.97 Å². The molecule has 1 N–H and O–H groups in total. The molecular weight excluding hydrogens is 414 g/mol. The molecule has 0 aliphatic carbocycles. The second kappa shape index (κ2) is 8.85. The van der Waals surface area contributed by atoms with E-state index < -0.39 is 0 Å². The second-order valence-electron chi connectivity index (χ2n) is 6.91. The SMILES string of the molecule is COc1ccc(-c2csc(NC(=O)CSc3nc4ccc(C)cc4cc3C)n2)cc1. The van der Waals surface area contributed by atoms with E-state index in [9.17, 15) is 4.79 Å². The predicted molar refractivity (Wildman–Crippen MR) is 125 cm³/mol. The Kier molecular flexibility index (Phi) is 6.01. The summed E-state index contributed by atoms with van der Waals surface area (Å²) in [5.41, 5.74) is 5.03. The average Bonchev–Trinajstić information content (AvgIpc) is 3.20. The molecule has 5 nitrogen and oxygen atoms in total. The first-order valence-corrected chi connectivity index (χ1v) is 11.3. The van der Waals surface area contributed by atoms with Crippen LogP contribution in [0.15, 0.2) is 58.9 Å². The van der Waals surface area contributed by atoms with Crippen molar-refractivity contribution in [2.75, 3.05) is 18.2 Å². The molecule has 7 heteroatoms. The number of benzene rings is 2. The fraction of sp³-hybridized carbons (Fsp3) is 0.174. The van der Waals surface area contributed by atoms with Crippen LogP contribution in [0, 0.1) is 13.8 Å². The lowest BCUT2D eigenvalue weighted by molar-refractivity contribution is -0.113. The van der Waals surface area contributed by atoms with E-state index in [0.29, 0.717) is 5.13 Å². The molecule has 0 saturated heterocycles. The Morgan fingerprint density at radius 1 is 1.10 bits per heavy atom. The quantitative estimate of drug-likeness (QED) is 0.393. The van der Waals surface area contributed by atoms with Crippen molar-refractivity contribution in [1.29, 1.82) is 0 Å². The highest BCUT2D eigenvalue weighted by molar-refractivity contribution is 8.00. The molecule has 2 heterocycles. The molecule has 0 fully saturated rings. The summed E-state index contributed by atoms with van der Waals surface area (Å²) in [7, 11) is 1.64. The number of hydrogen-bond donors (Lipinski definition) is 1. The van der Waals surface area contributed by atoms with E-state index in [1.807, 2.05) is 42.6 Å². The van der Waals surface area contributed by atoms with Crippen LogP contribution in [-0.4, -0.2) is 28.7 Å². The largest absolute Gasteiger partial charge is 0.497 e. The van der Waals surface area contributed by atoms with Crippen LogP contribution in [0.4, 0.5) is 5.13 Å². The lowest BCUT2D eigenvalue weighted by Crippen LogP contribution is -2.14. The first kappa shape index (κ1) is 20.4. The van der Waals surface area contributed by atoms with Crippen LogP contribution >= 0.6 is 23.1 Å². The third kappa shape index (κ3) is 4.63. The van der Waals surface area contributed by atoms with Crippen LogP contribution in [0.25, 0.3) is 22.2 Å². The first-order chi connectivity index (χ1) is 14.5. The topological polar surface area (TPSA) is 64.1 Å². The van der Waals surface area contributed by atoms with Gasteiger partial charge in [0.2, 0.25) is 5.91 Å². The van der Waals surface area contributed by atoms with Crippen molar-refractivity contribution < 1.29 is 9.53 Å². The molecule has 0 spiro atoms. The molecule has 0 radical (unpaired) electrons. The van der Waals surface area contributed by atoms with Gasteiger partial charge in [-0.25, -0.2) is 9.97 Å². The Labute approximate surface area is 183 Å². The number of ether oxygens (including phenoxy) is 1. The smallest absolute Gasteiger partial charge is 0.236 e. The molecule has 4 aromatic rings. The number of methoxy groups -OCH3 is 1. The zero-order valence-corrected chi connectivity index (χ0v) is 18.6. The van der Waals surface area contributed by atoms with Crippen LogP contribution < -0.4 is 10.1 Å². The third-order valence-electron chi connectivity index (χ3n) is 4.59. The van der Waals surface area contributed by atoms with Gasteiger partial charge in [-0.2, -0.15) is 0 Å². The number of hydrogen-bond acceptors (Lipinski definition) is 6. The van der Waals surface area contributed by atoms with Gasteiger partial charge in [-0.1, -0.05) is 23.4 Å². The number of thiazole rings is 1. The number of aryl methyl sites for hydroxylation is 2. The van der Waals surface area contributed by atoms with E-state index in [1.165, 1.54) is 28.7 Å². The third-order valence-corrected chi connectivity index (χ3v) is 6.44. The summed E-state index contributed by atoms with van der Waals surface area (Å²) in [5, 5.41) is 7.40. The number of carbonyl (C=O) groups is 1. The van der Waals surface area contributed by atoms with Crippen molar-refractivity contribution in [2.45, 2.75) is 18.9 Å². The minimum Gasteiger partial charge on any atom is -0.497 e. The summed E-state index contributed by atoms with van der Waals surface area (Å²) in [4.78, 5) is 21.7. The molecule has 0 aliphatic rings. The summed E-state index contributed by atoms with van der Waals surface area (Å²) in [6, 6.07) is 16.0. The van der Waals surface area contributed by atoms with E-state index in [2.05, 4.69) is 35.4 Å². The highest BCUT2D eigenvalue weighted by Gasteiger charge is 2.11. The summed E-state index contributed by atoms with van der Waals surface area (Å²) in [6.45, 7) is 4.09. The minimum atomic E-state index is -0.0965. The van der Waals surface area contributed by atoms with E-state index in [4.69, 9.17) is 9.72 Å². The first-order valence-electron chi connectivity index (χ1n) is 9.42. The van der Waals surface area contributed by atoms with Gasteiger partial charge in [-0.3, -0.25) is 4.79 Å². The maximum absolute atomic E-state index is 12.4. The van der Waals surface area contributed by atoms with Crippen molar-refractivity contribution in [3.8, 4) is 17.0 Å². The Morgan fingerprint density at radius 2 is 1.90 bits per heavy atom. The summed E-state index contributed by atoms with van der Waals surface area (Å²) in [6.07, 6.45) is 0. The van der Waals surface area contributed by atoms with Crippen LogP contribution in [0.1, 0.15) is 11.1 Å². The van der Waals surface area contributed by atoms with Crippen LogP contribution in [0.5, 0.6) is 5.75 Å². The lowest BCUT2D eigenvalue weighted by atomic mass is 10.1. The predicted octanol–water partition coefficient (Wildman–Crippen LogP) is 5.71. The molecule has 152 valence electrons. The van der Waals surface area contributed by atoms with Crippen molar-refractivity contribution in [3.63, 3.8) is 0 Å². The number of nitrogens with zero attached hydrogens (tertiary/aromatic N) is 2. The van der Waals surface area contributed by atoms with Crippen LogP contribution in [-0.2, 0) is 4.79 Å². The normalized spacial score (nSPS) is 10.9. The van der Waals surface area contributed by atoms with E-state index in [1.54, 1.807) is 7.11 Å². The molecule has 2 aromatic carbocycles. The van der Waals surface area contributed by atoms with Gasteiger partial charge in [0.15, 0.2) is 5.13 Å². The fourth-order valence-corrected chi connectivity index (χ4v) is 4.57. The molecule has 4 rings (SSSR count). The zero-order valence-electron chi connectivity index (χ0n) is 16.9. The number of pyridine rings is 1. The van der Waals surface area contributed by atoms with Gasteiger partial charge in [0.1, 0.15) is 10.8 Å². The van der Waals surface area contributed by atoms with Crippen molar-refractivity contribution >= 4 is 45.0 Å². The maximum atomic E-state index is 12.4. The number of amides is 1. The number of fused-ring (bicyclic) bond motifs is 1. The number of rotatable bonds is 6. The highest BCUT2D eigenvalue weighted by atomic mass is 32.2. The Bertz CT molecular complexity index is 1200. The number of anilines is 1. The molecule has 0 aliphatic heterocycles. The number of carbonyl (C=O) groups excluding carboxylic acids is 1. The second-order valence-corrected chi connectivity index (χ2v) is 8.73. The molecule has 0 bridgehead atoms. The molecule has 0 atom stereocenters. The van der Waals surface area contributed by atoms with Crippen molar-refractivity contribution in [2.24, 2.45) is 0 Å². The summed E-state index contributed by atoms with van der Waals surface area (Å²) < 4.78 is 5.18. The lowest BCUT2D eigenvalue weighted by Gasteiger charge is -2.07. The van der Waals surface area contributed by atoms with Crippen LogP contribution in [0.2, 0.25) is 0 Å². The molecular formula is C23H21N3O2S2.